The molecule has 4 nitrogen and oxygen atoms in total. The van der Waals surface area contributed by atoms with Gasteiger partial charge in [0.1, 0.15) is 10.8 Å². The number of rotatable bonds is 8. The first-order chi connectivity index (χ1) is 9.74. The number of aryl methyl sites for hydroxylation is 1. The van der Waals surface area contributed by atoms with Gasteiger partial charge in [0.05, 0.1) is 11.7 Å². The van der Waals surface area contributed by atoms with Crippen LogP contribution in [0.1, 0.15) is 55.7 Å². The fraction of sp³-hybridized carbons (Fsp3) is 0.571. The van der Waals surface area contributed by atoms with Crippen molar-refractivity contribution < 1.29 is 0 Å². The largest absolute Gasteiger partial charge is 0.344 e. The lowest BCUT2D eigenvalue weighted by molar-refractivity contribution is 0.512. The number of hydrogen-bond donors (Lipinski definition) is 2. The summed E-state index contributed by atoms with van der Waals surface area (Å²) in [5.74, 6) is 0.982. The summed E-state index contributed by atoms with van der Waals surface area (Å²) in [6.45, 7) is 5.02. The van der Waals surface area contributed by atoms with Gasteiger partial charge in [-0.25, -0.2) is 9.97 Å². The first-order valence-electron chi connectivity index (χ1n) is 7.10. The van der Waals surface area contributed by atoms with E-state index >= 15 is 0 Å². The number of nitrogens with one attached hydrogen (secondary N) is 2. The van der Waals surface area contributed by atoms with Crippen molar-refractivity contribution in [1.82, 2.24) is 20.3 Å². The highest BCUT2D eigenvalue weighted by molar-refractivity contribution is 7.09. The minimum atomic E-state index is 0.272. The summed E-state index contributed by atoms with van der Waals surface area (Å²) in [7, 11) is 0. The highest BCUT2D eigenvalue weighted by atomic mass is 35.5. The van der Waals surface area contributed by atoms with E-state index in [2.05, 4.69) is 34.1 Å². The average Bonchev–Trinajstić information content (AvgIpc) is 3.08. The van der Waals surface area contributed by atoms with Gasteiger partial charge in [-0.3, -0.25) is 0 Å². The lowest BCUT2D eigenvalue weighted by atomic mass is 10.2. The van der Waals surface area contributed by atoms with Crippen molar-refractivity contribution in [1.29, 1.82) is 0 Å². The molecule has 2 aromatic rings. The summed E-state index contributed by atoms with van der Waals surface area (Å²) >= 11 is 7.86. The van der Waals surface area contributed by atoms with Crippen LogP contribution in [0, 0.1) is 0 Å². The number of unbranched alkanes of at least 4 members (excludes halogenated alkanes) is 1. The molecular formula is C14H21ClN4S. The molecule has 0 saturated carbocycles. The van der Waals surface area contributed by atoms with Crippen molar-refractivity contribution in [3.63, 3.8) is 0 Å². The van der Waals surface area contributed by atoms with E-state index in [0.29, 0.717) is 11.7 Å². The van der Waals surface area contributed by atoms with E-state index in [0.717, 1.165) is 42.2 Å². The number of H-pyrrole nitrogens is 1. The maximum atomic E-state index is 6.18. The van der Waals surface area contributed by atoms with Crippen LogP contribution >= 0.6 is 22.9 Å². The smallest absolute Gasteiger partial charge is 0.151 e. The van der Waals surface area contributed by atoms with Crippen molar-refractivity contribution in [3.8, 4) is 0 Å². The highest BCUT2D eigenvalue weighted by Crippen LogP contribution is 2.20. The monoisotopic (exact) mass is 312 g/mol. The fourth-order valence-electron chi connectivity index (χ4n) is 2.06. The Morgan fingerprint density at radius 2 is 2.30 bits per heavy atom. The quantitative estimate of drug-likeness (QED) is 0.771. The number of aromatic nitrogens is 3. The molecule has 0 aliphatic rings. The first-order valence-corrected chi connectivity index (χ1v) is 8.36. The van der Waals surface area contributed by atoms with Gasteiger partial charge in [-0.2, -0.15) is 0 Å². The minimum absolute atomic E-state index is 0.272. The van der Waals surface area contributed by atoms with Gasteiger partial charge in [-0.05, 0) is 12.8 Å². The summed E-state index contributed by atoms with van der Waals surface area (Å²) in [6, 6.07) is 0.272. The molecule has 0 radical (unpaired) electrons. The molecule has 0 aliphatic carbocycles. The van der Waals surface area contributed by atoms with E-state index in [4.69, 9.17) is 11.6 Å². The highest BCUT2D eigenvalue weighted by Gasteiger charge is 2.14. The molecular weight excluding hydrogens is 292 g/mol. The van der Waals surface area contributed by atoms with E-state index in [1.165, 1.54) is 0 Å². The van der Waals surface area contributed by atoms with Crippen molar-refractivity contribution in [2.24, 2.45) is 0 Å². The predicted molar refractivity (Wildman–Crippen MR) is 84.2 cm³/mol. The topological polar surface area (TPSA) is 53.6 Å². The zero-order valence-corrected chi connectivity index (χ0v) is 13.5. The molecule has 0 aromatic carbocycles. The Labute approximate surface area is 129 Å². The molecule has 110 valence electrons. The van der Waals surface area contributed by atoms with Crippen LogP contribution in [0.15, 0.2) is 11.6 Å². The Kier molecular flexibility index (Phi) is 6.01. The summed E-state index contributed by atoms with van der Waals surface area (Å²) in [5, 5.41) is 7.20. The average molecular weight is 313 g/mol. The second-order valence-corrected chi connectivity index (χ2v) is 6.05. The van der Waals surface area contributed by atoms with Gasteiger partial charge in [-0.1, -0.05) is 31.9 Å². The Morgan fingerprint density at radius 3 is 2.95 bits per heavy atom. The SMILES string of the molecule is CCCCc1nc(Cl)c(CNC(CC)c2nccs2)[nH]1. The Morgan fingerprint density at radius 1 is 1.45 bits per heavy atom. The molecule has 0 aliphatic heterocycles. The third kappa shape index (κ3) is 4.04. The second-order valence-electron chi connectivity index (χ2n) is 4.77. The normalized spacial score (nSPS) is 12.8. The second kappa shape index (κ2) is 7.76. The van der Waals surface area contributed by atoms with Crippen LogP contribution in [0.5, 0.6) is 0 Å². The van der Waals surface area contributed by atoms with Gasteiger partial charge in [0.25, 0.3) is 0 Å². The summed E-state index contributed by atoms with van der Waals surface area (Å²) in [6.07, 6.45) is 6.10. The van der Waals surface area contributed by atoms with Crippen molar-refractivity contribution >= 4 is 22.9 Å². The van der Waals surface area contributed by atoms with Crippen molar-refractivity contribution in [2.75, 3.05) is 0 Å². The molecule has 0 saturated heterocycles. The molecule has 2 N–H and O–H groups in total. The molecule has 0 amide bonds. The standard InChI is InChI=1S/C14H21ClN4S/c1-3-5-6-12-18-11(13(15)19-12)9-17-10(4-2)14-16-7-8-20-14/h7-8,10,17H,3-6,9H2,1-2H3,(H,18,19). The number of imidazole rings is 1. The maximum absolute atomic E-state index is 6.18. The molecule has 0 bridgehead atoms. The number of aromatic amines is 1. The number of nitrogens with zero attached hydrogens (tertiary/aromatic N) is 2. The van der Waals surface area contributed by atoms with Crippen LogP contribution in [0.25, 0.3) is 0 Å². The van der Waals surface area contributed by atoms with Gasteiger partial charge in [-0.15, -0.1) is 11.3 Å². The third-order valence-corrected chi connectivity index (χ3v) is 4.43. The van der Waals surface area contributed by atoms with Gasteiger partial charge < -0.3 is 10.3 Å². The third-order valence-electron chi connectivity index (χ3n) is 3.23. The van der Waals surface area contributed by atoms with Crippen LogP contribution in [-0.2, 0) is 13.0 Å². The Bertz CT molecular complexity index is 509. The fourth-order valence-corrected chi connectivity index (χ4v) is 3.07. The Balaban J connectivity index is 1.94. The molecule has 2 rings (SSSR count). The Hall–Kier alpha value is -0.910. The van der Waals surface area contributed by atoms with Crippen LogP contribution in [0.2, 0.25) is 5.15 Å². The molecule has 1 atom stereocenters. The van der Waals surface area contributed by atoms with Gasteiger partial charge >= 0.3 is 0 Å². The van der Waals surface area contributed by atoms with Gasteiger partial charge in [0.15, 0.2) is 5.15 Å². The van der Waals surface area contributed by atoms with E-state index in [9.17, 15) is 0 Å². The molecule has 0 fully saturated rings. The molecule has 20 heavy (non-hydrogen) atoms. The molecule has 2 aromatic heterocycles. The summed E-state index contributed by atoms with van der Waals surface area (Å²) in [5.41, 5.74) is 0.966. The van der Waals surface area contributed by atoms with E-state index < -0.39 is 0 Å². The van der Waals surface area contributed by atoms with Gasteiger partial charge in [0.2, 0.25) is 0 Å². The van der Waals surface area contributed by atoms with Crippen molar-refractivity contribution in [3.05, 3.63) is 33.3 Å². The summed E-state index contributed by atoms with van der Waals surface area (Å²) in [4.78, 5) is 12.1. The van der Waals surface area contributed by atoms with E-state index in [1.807, 2.05) is 11.6 Å². The van der Waals surface area contributed by atoms with E-state index in [-0.39, 0.29) is 6.04 Å². The molecule has 0 spiro atoms. The van der Waals surface area contributed by atoms with Crippen LogP contribution in [0.3, 0.4) is 0 Å². The molecule has 1 unspecified atom stereocenters. The van der Waals surface area contributed by atoms with Crippen molar-refractivity contribution in [2.45, 2.75) is 52.1 Å². The predicted octanol–water partition coefficient (Wildman–Crippen LogP) is 4.10. The number of hydrogen-bond acceptors (Lipinski definition) is 4. The lowest BCUT2D eigenvalue weighted by Gasteiger charge is -2.13. The number of halogens is 1. The molecule has 6 heteroatoms. The lowest BCUT2D eigenvalue weighted by Crippen LogP contribution is -2.20. The van der Waals surface area contributed by atoms with Crippen LogP contribution < -0.4 is 5.32 Å². The van der Waals surface area contributed by atoms with Crippen LogP contribution in [0.4, 0.5) is 0 Å². The van der Waals surface area contributed by atoms with E-state index in [1.54, 1.807) is 11.3 Å². The molecule has 2 heterocycles. The summed E-state index contributed by atoms with van der Waals surface area (Å²) < 4.78 is 0. The first kappa shape index (κ1) is 15.5. The zero-order valence-electron chi connectivity index (χ0n) is 11.9. The maximum Gasteiger partial charge on any atom is 0.151 e. The minimum Gasteiger partial charge on any atom is -0.344 e. The van der Waals surface area contributed by atoms with Gasteiger partial charge in [0, 0.05) is 24.5 Å². The number of thiazole rings is 1. The zero-order chi connectivity index (χ0) is 14.4. The van der Waals surface area contributed by atoms with Crippen LogP contribution in [-0.4, -0.2) is 15.0 Å².